The van der Waals surface area contributed by atoms with Crippen molar-refractivity contribution in [1.29, 1.82) is 0 Å². The molecule has 1 N–H and O–H groups in total. The standard InChI is InChI=1S/C34H36BrN3O5S/c1-25(2)36-34(40)32(22-26-11-6-4-7-12-26)37(23-27-13-10-14-28(35)21-27)33(39)24-38(44(3,41)42)29-17-19-31(20-18-29)43-30-15-8-5-9-16-30/h4-21,25,32H,22-24H2,1-3H3,(H,36,40)/t32-/m0/s1. The van der Waals surface area contributed by atoms with E-state index in [-0.39, 0.29) is 24.9 Å². The molecule has 0 saturated carbocycles. The number of nitrogens with zero attached hydrogens (tertiary/aromatic N) is 2. The highest BCUT2D eigenvalue weighted by atomic mass is 79.9. The molecule has 8 nitrogen and oxygen atoms in total. The number of halogens is 1. The van der Waals surface area contributed by atoms with Crippen molar-refractivity contribution >= 4 is 43.5 Å². The van der Waals surface area contributed by atoms with Crippen LogP contribution in [0, 0.1) is 0 Å². The average Bonchev–Trinajstić information content (AvgIpc) is 2.98. The van der Waals surface area contributed by atoms with Crippen molar-refractivity contribution in [3.05, 3.63) is 125 Å². The van der Waals surface area contributed by atoms with E-state index in [1.54, 1.807) is 24.3 Å². The summed E-state index contributed by atoms with van der Waals surface area (Å²) in [5.41, 5.74) is 1.96. The molecule has 0 aliphatic carbocycles. The molecule has 4 aromatic carbocycles. The predicted octanol–water partition coefficient (Wildman–Crippen LogP) is 6.17. The monoisotopic (exact) mass is 677 g/mol. The highest BCUT2D eigenvalue weighted by molar-refractivity contribution is 9.10. The average molecular weight is 679 g/mol. The molecule has 4 rings (SSSR count). The van der Waals surface area contributed by atoms with Crippen LogP contribution in [0.2, 0.25) is 0 Å². The summed E-state index contributed by atoms with van der Waals surface area (Å²) in [6, 6.07) is 31.6. The molecule has 2 amide bonds. The first-order valence-electron chi connectivity index (χ1n) is 14.2. The second-order valence-corrected chi connectivity index (χ2v) is 13.5. The summed E-state index contributed by atoms with van der Waals surface area (Å²) >= 11 is 3.48. The van der Waals surface area contributed by atoms with E-state index in [9.17, 15) is 18.0 Å². The van der Waals surface area contributed by atoms with Gasteiger partial charge in [0.25, 0.3) is 0 Å². The van der Waals surface area contributed by atoms with Crippen LogP contribution in [0.3, 0.4) is 0 Å². The molecule has 230 valence electrons. The number of hydrogen-bond acceptors (Lipinski definition) is 5. The van der Waals surface area contributed by atoms with E-state index in [2.05, 4.69) is 21.2 Å². The number of benzene rings is 4. The Morgan fingerprint density at radius 3 is 2.00 bits per heavy atom. The second kappa shape index (κ2) is 15.0. The van der Waals surface area contributed by atoms with E-state index in [4.69, 9.17) is 4.74 Å². The van der Waals surface area contributed by atoms with Gasteiger partial charge < -0.3 is 15.0 Å². The fourth-order valence-electron chi connectivity index (χ4n) is 4.69. The van der Waals surface area contributed by atoms with Gasteiger partial charge in [-0.1, -0.05) is 76.6 Å². The lowest BCUT2D eigenvalue weighted by Crippen LogP contribution is -2.54. The van der Waals surface area contributed by atoms with Gasteiger partial charge in [0.05, 0.1) is 11.9 Å². The number of anilines is 1. The summed E-state index contributed by atoms with van der Waals surface area (Å²) in [5.74, 6) is 0.326. The molecule has 10 heteroatoms. The third-order valence-electron chi connectivity index (χ3n) is 6.73. The van der Waals surface area contributed by atoms with Crippen LogP contribution in [0.15, 0.2) is 114 Å². The molecule has 0 bridgehead atoms. The van der Waals surface area contributed by atoms with Crippen LogP contribution in [0.5, 0.6) is 11.5 Å². The lowest BCUT2D eigenvalue weighted by Gasteiger charge is -2.34. The summed E-state index contributed by atoms with van der Waals surface area (Å²) in [5, 5.41) is 2.95. The molecule has 0 aliphatic rings. The minimum Gasteiger partial charge on any atom is -0.457 e. The highest BCUT2D eigenvalue weighted by Gasteiger charge is 2.33. The number of rotatable bonds is 13. The Hall–Kier alpha value is -4.15. The summed E-state index contributed by atoms with van der Waals surface area (Å²) in [6.07, 6.45) is 1.31. The van der Waals surface area contributed by atoms with Crippen LogP contribution in [-0.4, -0.2) is 50.0 Å². The van der Waals surface area contributed by atoms with Crippen LogP contribution in [0.4, 0.5) is 5.69 Å². The van der Waals surface area contributed by atoms with Crippen LogP contribution < -0.4 is 14.4 Å². The minimum atomic E-state index is -3.88. The predicted molar refractivity (Wildman–Crippen MR) is 177 cm³/mol. The Balaban J connectivity index is 1.67. The first kappa shape index (κ1) is 32.8. The number of sulfonamides is 1. The Morgan fingerprint density at radius 2 is 1.41 bits per heavy atom. The maximum atomic E-state index is 14.2. The number of carbonyl (C=O) groups is 2. The van der Waals surface area contributed by atoms with Gasteiger partial charge >= 0.3 is 0 Å². The number of amides is 2. The zero-order valence-corrected chi connectivity index (χ0v) is 27.3. The Labute approximate surface area is 267 Å². The summed E-state index contributed by atoms with van der Waals surface area (Å²) in [7, 11) is -3.88. The van der Waals surface area contributed by atoms with Gasteiger partial charge in [0, 0.05) is 23.5 Å². The Bertz CT molecular complexity index is 1650. The van der Waals surface area contributed by atoms with Crippen LogP contribution in [0.25, 0.3) is 0 Å². The lowest BCUT2D eigenvalue weighted by atomic mass is 10.0. The summed E-state index contributed by atoms with van der Waals surface area (Å²) in [4.78, 5) is 29.3. The maximum Gasteiger partial charge on any atom is 0.244 e. The Morgan fingerprint density at radius 1 is 0.818 bits per heavy atom. The van der Waals surface area contributed by atoms with Crippen molar-refractivity contribution in [2.75, 3.05) is 17.1 Å². The minimum absolute atomic E-state index is 0.0999. The van der Waals surface area contributed by atoms with Gasteiger partial charge in [-0.15, -0.1) is 0 Å². The molecule has 0 radical (unpaired) electrons. The number of para-hydroxylation sites is 1. The van der Waals surface area contributed by atoms with Crippen LogP contribution in [-0.2, 0) is 32.6 Å². The zero-order valence-electron chi connectivity index (χ0n) is 24.9. The molecule has 4 aromatic rings. The third-order valence-corrected chi connectivity index (χ3v) is 8.36. The van der Waals surface area contributed by atoms with Gasteiger partial charge in [-0.3, -0.25) is 13.9 Å². The molecular weight excluding hydrogens is 642 g/mol. The molecule has 0 aromatic heterocycles. The maximum absolute atomic E-state index is 14.2. The molecule has 0 fully saturated rings. The molecule has 0 heterocycles. The number of hydrogen-bond donors (Lipinski definition) is 1. The van der Waals surface area contributed by atoms with E-state index < -0.39 is 28.5 Å². The number of nitrogens with one attached hydrogen (secondary N) is 1. The largest absolute Gasteiger partial charge is 0.457 e. The normalized spacial score (nSPS) is 11.9. The first-order chi connectivity index (χ1) is 21.0. The molecule has 0 saturated heterocycles. The van der Waals surface area contributed by atoms with Gasteiger partial charge in [0.2, 0.25) is 21.8 Å². The van der Waals surface area contributed by atoms with Crippen molar-refractivity contribution in [2.45, 2.75) is 38.9 Å². The van der Waals surface area contributed by atoms with Gasteiger partial charge in [-0.05, 0) is 73.5 Å². The molecular formula is C34H36BrN3O5S. The van der Waals surface area contributed by atoms with E-state index in [1.165, 1.54) is 4.90 Å². The Kier molecular flexibility index (Phi) is 11.2. The molecule has 0 aliphatic heterocycles. The second-order valence-electron chi connectivity index (χ2n) is 10.7. The van der Waals surface area contributed by atoms with Crippen molar-refractivity contribution in [3.63, 3.8) is 0 Å². The van der Waals surface area contributed by atoms with Crippen molar-refractivity contribution in [3.8, 4) is 11.5 Å². The number of carbonyl (C=O) groups excluding carboxylic acids is 2. The SMILES string of the molecule is CC(C)NC(=O)[C@H](Cc1ccccc1)N(Cc1cccc(Br)c1)C(=O)CN(c1ccc(Oc2ccccc2)cc1)S(C)(=O)=O. The topological polar surface area (TPSA) is 96.0 Å². The van der Waals surface area contributed by atoms with E-state index in [0.29, 0.717) is 17.2 Å². The van der Waals surface area contributed by atoms with Gasteiger partial charge in [0.1, 0.15) is 24.1 Å². The molecule has 1 atom stereocenters. The summed E-state index contributed by atoms with van der Waals surface area (Å²) < 4.78 is 33.8. The smallest absolute Gasteiger partial charge is 0.244 e. The quantitative estimate of drug-likeness (QED) is 0.183. The van der Waals surface area contributed by atoms with Crippen molar-refractivity contribution < 1.29 is 22.7 Å². The van der Waals surface area contributed by atoms with E-state index in [0.717, 1.165) is 26.2 Å². The summed E-state index contributed by atoms with van der Waals surface area (Å²) in [6.45, 7) is 3.32. The van der Waals surface area contributed by atoms with E-state index in [1.807, 2.05) is 98.8 Å². The van der Waals surface area contributed by atoms with Crippen LogP contribution >= 0.6 is 15.9 Å². The zero-order chi connectivity index (χ0) is 31.7. The van der Waals surface area contributed by atoms with Crippen LogP contribution in [0.1, 0.15) is 25.0 Å². The third kappa shape index (κ3) is 9.42. The lowest BCUT2D eigenvalue weighted by molar-refractivity contribution is -0.140. The molecule has 44 heavy (non-hydrogen) atoms. The molecule has 0 unspecified atom stereocenters. The van der Waals surface area contributed by atoms with Gasteiger partial charge in [0.15, 0.2) is 0 Å². The highest BCUT2D eigenvalue weighted by Crippen LogP contribution is 2.26. The van der Waals surface area contributed by atoms with Gasteiger partial charge in [-0.2, -0.15) is 0 Å². The van der Waals surface area contributed by atoms with Crippen molar-refractivity contribution in [1.82, 2.24) is 10.2 Å². The molecule has 0 spiro atoms. The fourth-order valence-corrected chi connectivity index (χ4v) is 5.98. The van der Waals surface area contributed by atoms with E-state index >= 15 is 0 Å². The number of ether oxygens (including phenoxy) is 1. The van der Waals surface area contributed by atoms with Crippen molar-refractivity contribution in [2.24, 2.45) is 0 Å². The van der Waals surface area contributed by atoms with Gasteiger partial charge in [-0.25, -0.2) is 8.42 Å². The first-order valence-corrected chi connectivity index (χ1v) is 16.8. The fraction of sp³-hybridized carbons (Fsp3) is 0.235.